The van der Waals surface area contributed by atoms with Gasteiger partial charge in [0.2, 0.25) is 0 Å². The van der Waals surface area contributed by atoms with Crippen molar-refractivity contribution in [3.05, 3.63) is 53.3 Å². The molecule has 0 aliphatic heterocycles. The third kappa shape index (κ3) is 2.78. The van der Waals surface area contributed by atoms with E-state index in [1.807, 2.05) is 17.9 Å². The minimum absolute atomic E-state index is 0.290. The maximum Gasteiger partial charge on any atom is 0.0492 e. The number of rotatable bonds is 4. The van der Waals surface area contributed by atoms with Crippen molar-refractivity contribution >= 4 is 0 Å². The summed E-state index contributed by atoms with van der Waals surface area (Å²) >= 11 is 0. The molecule has 3 heteroatoms. The van der Waals surface area contributed by atoms with Crippen LogP contribution in [0.5, 0.6) is 0 Å². The molecular weight excluding hydrogens is 246 g/mol. The first kappa shape index (κ1) is 13.4. The van der Waals surface area contributed by atoms with E-state index in [-0.39, 0.29) is 0 Å². The molecule has 0 saturated heterocycles. The van der Waals surface area contributed by atoms with Crippen LogP contribution in [0, 0.1) is 5.92 Å². The number of nitrogens with zero attached hydrogens (tertiary/aromatic N) is 2. The third-order valence-electron chi connectivity index (χ3n) is 4.65. The number of nitrogens with two attached hydrogens (primary N) is 1. The molecule has 1 aromatic carbocycles. The van der Waals surface area contributed by atoms with Crippen LogP contribution in [0.1, 0.15) is 29.7 Å². The molecule has 1 aliphatic carbocycles. The maximum atomic E-state index is 6.44. The van der Waals surface area contributed by atoms with Gasteiger partial charge < -0.3 is 5.73 Å². The second-order valence-corrected chi connectivity index (χ2v) is 5.92. The summed E-state index contributed by atoms with van der Waals surface area (Å²) in [5, 5.41) is 4.21. The van der Waals surface area contributed by atoms with Crippen LogP contribution in [-0.2, 0) is 26.3 Å². The predicted octanol–water partition coefficient (Wildman–Crippen LogP) is 2.49. The van der Waals surface area contributed by atoms with Gasteiger partial charge in [0.05, 0.1) is 0 Å². The van der Waals surface area contributed by atoms with Crippen molar-refractivity contribution < 1.29 is 0 Å². The van der Waals surface area contributed by atoms with Gasteiger partial charge in [0.15, 0.2) is 0 Å². The molecule has 0 saturated carbocycles. The number of aryl methyl sites for hydroxylation is 3. The van der Waals surface area contributed by atoms with E-state index in [0.717, 1.165) is 19.3 Å². The number of hydrogen-bond donors (Lipinski definition) is 1. The predicted molar refractivity (Wildman–Crippen MR) is 81.5 cm³/mol. The zero-order chi connectivity index (χ0) is 13.9. The lowest BCUT2D eigenvalue weighted by molar-refractivity contribution is 0.357. The molecule has 20 heavy (non-hydrogen) atoms. The van der Waals surface area contributed by atoms with E-state index in [9.17, 15) is 0 Å². The molecule has 0 radical (unpaired) electrons. The Labute approximate surface area is 120 Å². The topological polar surface area (TPSA) is 43.8 Å². The van der Waals surface area contributed by atoms with E-state index < -0.39 is 0 Å². The molecule has 2 unspecified atom stereocenters. The molecule has 0 amide bonds. The first-order chi connectivity index (χ1) is 9.74. The molecular formula is C17H23N3. The van der Waals surface area contributed by atoms with Gasteiger partial charge in [0.25, 0.3) is 0 Å². The Hall–Kier alpha value is -1.61. The molecule has 3 rings (SSSR count). The third-order valence-corrected chi connectivity index (χ3v) is 4.65. The van der Waals surface area contributed by atoms with Gasteiger partial charge >= 0.3 is 0 Å². The van der Waals surface area contributed by atoms with E-state index in [2.05, 4.69) is 35.4 Å². The zero-order valence-corrected chi connectivity index (χ0v) is 12.1. The SMILES string of the molecule is Cn1nccc1CCC(N)C1CCc2ccccc2C1. The van der Waals surface area contributed by atoms with Gasteiger partial charge in [-0.25, -0.2) is 0 Å². The summed E-state index contributed by atoms with van der Waals surface area (Å²) in [5.41, 5.74) is 10.7. The van der Waals surface area contributed by atoms with Crippen molar-refractivity contribution in [1.82, 2.24) is 9.78 Å². The molecule has 2 aromatic rings. The minimum atomic E-state index is 0.290. The molecule has 1 heterocycles. The normalized spacial score (nSPS) is 19.6. The Morgan fingerprint density at radius 1 is 1.30 bits per heavy atom. The van der Waals surface area contributed by atoms with Crippen molar-refractivity contribution in [2.24, 2.45) is 18.7 Å². The lowest BCUT2D eigenvalue weighted by Gasteiger charge is -2.29. The minimum Gasteiger partial charge on any atom is -0.327 e. The van der Waals surface area contributed by atoms with E-state index in [4.69, 9.17) is 5.73 Å². The second-order valence-electron chi connectivity index (χ2n) is 5.92. The Kier molecular flexibility index (Phi) is 3.88. The molecule has 1 aliphatic rings. The van der Waals surface area contributed by atoms with Crippen LogP contribution in [-0.4, -0.2) is 15.8 Å². The van der Waals surface area contributed by atoms with Crippen LogP contribution in [0.2, 0.25) is 0 Å². The van der Waals surface area contributed by atoms with Gasteiger partial charge in [-0.1, -0.05) is 24.3 Å². The molecule has 2 N–H and O–H groups in total. The monoisotopic (exact) mass is 269 g/mol. The summed E-state index contributed by atoms with van der Waals surface area (Å²) in [6.07, 6.45) is 7.48. The number of fused-ring (bicyclic) bond motifs is 1. The summed E-state index contributed by atoms with van der Waals surface area (Å²) in [5.74, 6) is 0.623. The lowest BCUT2D eigenvalue weighted by Crippen LogP contribution is -2.34. The molecule has 2 atom stereocenters. The van der Waals surface area contributed by atoms with Gasteiger partial charge in [0, 0.05) is 25.0 Å². The van der Waals surface area contributed by atoms with Gasteiger partial charge in [-0.2, -0.15) is 5.10 Å². The fourth-order valence-corrected chi connectivity index (χ4v) is 3.29. The zero-order valence-electron chi connectivity index (χ0n) is 12.1. The first-order valence-corrected chi connectivity index (χ1v) is 7.53. The summed E-state index contributed by atoms with van der Waals surface area (Å²) in [6.45, 7) is 0. The van der Waals surface area contributed by atoms with E-state index in [1.165, 1.54) is 29.7 Å². The molecule has 0 fully saturated rings. The van der Waals surface area contributed by atoms with E-state index in [1.54, 1.807) is 0 Å². The smallest absolute Gasteiger partial charge is 0.0492 e. The van der Waals surface area contributed by atoms with Crippen LogP contribution in [0.4, 0.5) is 0 Å². The molecule has 3 nitrogen and oxygen atoms in total. The Morgan fingerprint density at radius 2 is 2.10 bits per heavy atom. The van der Waals surface area contributed by atoms with Crippen molar-refractivity contribution in [3.63, 3.8) is 0 Å². The highest BCUT2D eigenvalue weighted by atomic mass is 15.2. The van der Waals surface area contributed by atoms with Crippen molar-refractivity contribution in [3.8, 4) is 0 Å². The average molecular weight is 269 g/mol. The van der Waals surface area contributed by atoms with Crippen LogP contribution in [0.25, 0.3) is 0 Å². The fourth-order valence-electron chi connectivity index (χ4n) is 3.29. The standard InChI is InChI=1S/C17H23N3/c1-20-16(10-11-19-20)8-9-17(18)15-7-6-13-4-2-3-5-14(13)12-15/h2-5,10-11,15,17H,6-9,12,18H2,1H3. The van der Waals surface area contributed by atoms with Gasteiger partial charge in [0.1, 0.15) is 0 Å². The van der Waals surface area contributed by atoms with E-state index in [0.29, 0.717) is 12.0 Å². The quantitative estimate of drug-likeness (QED) is 0.926. The highest BCUT2D eigenvalue weighted by Gasteiger charge is 2.23. The number of hydrogen-bond acceptors (Lipinski definition) is 2. The maximum absolute atomic E-state index is 6.44. The van der Waals surface area contributed by atoms with Crippen molar-refractivity contribution in [2.45, 2.75) is 38.1 Å². The summed E-state index contributed by atoms with van der Waals surface area (Å²) < 4.78 is 1.95. The molecule has 0 spiro atoms. The highest BCUT2D eigenvalue weighted by molar-refractivity contribution is 5.30. The van der Waals surface area contributed by atoms with Gasteiger partial charge in [-0.15, -0.1) is 0 Å². The van der Waals surface area contributed by atoms with Crippen LogP contribution in [0.3, 0.4) is 0 Å². The Morgan fingerprint density at radius 3 is 2.85 bits per heavy atom. The summed E-state index contributed by atoms with van der Waals surface area (Å²) in [4.78, 5) is 0. The highest BCUT2D eigenvalue weighted by Crippen LogP contribution is 2.28. The Balaban J connectivity index is 1.59. The summed E-state index contributed by atoms with van der Waals surface area (Å²) in [6, 6.07) is 11.2. The van der Waals surface area contributed by atoms with Crippen LogP contribution >= 0.6 is 0 Å². The van der Waals surface area contributed by atoms with E-state index >= 15 is 0 Å². The Bertz CT molecular complexity index is 573. The molecule has 106 valence electrons. The lowest BCUT2D eigenvalue weighted by atomic mass is 9.79. The molecule has 0 bridgehead atoms. The molecule has 1 aromatic heterocycles. The first-order valence-electron chi connectivity index (χ1n) is 7.53. The number of aromatic nitrogens is 2. The summed E-state index contributed by atoms with van der Waals surface area (Å²) in [7, 11) is 2.00. The van der Waals surface area contributed by atoms with Crippen molar-refractivity contribution in [2.75, 3.05) is 0 Å². The van der Waals surface area contributed by atoms with Crippen LogP contribution < -0.4 is 5.73 Å². The fraction of sp³-hybridized carbons (Fsp3) is 0.471. The average Bonchev–Trinajstić information content (AvgIpc) is 2.89. The second kappa shape index (κ2) is 5.80. The number of benzene rings is 1. The largest absolute Gasteiger partial charge is 0.327 e. The van der Waals surface area contributed by atoms with Gasteiger partial charge in [-0.3, -0.25) is 4.68 Å². The van der Waals surface area contributed by atoms with Crippen LogP contribution in [0.15, 0.2) is 36.5 Å². The van der Waals surface area contributed by atoms with Gasteiger partial charge in [-0.05, 0) is 55.2 Å². The van der Waals surface area contributed by atoms with Crippen molar-refractivity contribution in [1.29, 1.82) is 0 Å².